The maximum Gasteiger partial charge on any atom is 0.158 e. The van der Waals surface area contributed by atoms with Crippen LogP contribution in [0.5, 0.6) is 0 Å². The topological polar surface area (TPSA) is 117 Å². The molecule has 3 N–H and O–H groups in total. The van der Waals surface area contributed by atoms with Gasteiger partial charge in [0.2, 0.25) is 0 Å². The molecule has 0 saturated carbocycles. The van der Waals surface area contributed by atoms with E-state index in [1.54, 1.807) is 13.3 Å². The van der Waals surface area contributed by atoms with Crippen LogP contribution in [0.25, 0.3) is 0 Å². The molecule has 2 aromatic heterocycles. The highest BCUT2D eigenvalue weighted by molar-refractivity contribution is 5.65. The Kier molecular flexibility index (Phi) is 7.15. The molecule has 1 aliphatic rings. The van der Waals surface area contributed by atoms with Crippen LogP contribution in [0.2, 0.25) is 0 Å². The first-order valence-electron chi connectivity index (χ1n) is 9.63. The molecule has 30 heavy (non-hydrogen) atoms. The zero-order valence-corrected chi connectivity index (χ0v) is 17.3. The van der Waals surface area contributed by atoms with Crippen molar-refractivity contribution in [2.24, 2.45) is 0 Å². The zero-order valence-electron chi connectivity index (χ0n) is 17.3. The minimum Gasteiger partial charge on any atom is -0.381 e. The zero-order chi connectivity index (χ0) is 21.4. The Balaban J connectivity index is 1.81. The number of hydrogen-bond acceptors (Lipinski definition) is 9. The monoisotopic (exact) mass is 407 g/mol. The predicted octanol–water partition coefficient (Wildman–Crippen LogP) is 1.66. The Morgan fingerprint density at radius 2 is 2.10 bits per heavy atom. The fourth-order valence-corrected chi connectivity index (χ4v) is 2.59. The van der Waals surface area contributed by atoms with Gasteiger partial charge in [0.25, 0.3) is 0 Å². The molecule has 9 nitrogen and oxygen atoms in total. The van der Waals surface area contributed by atoms with Crippen molar-refractivity contribution in [3.05, 3.63) is 35.9 Å². The highest BCUT2D eigenvalue weighted by Gasteiger charge is 2.15. The third-order valence-electron chi connectivity index (χ3n) is 4.46. The van der Waals surface area contributed by atoms with Gasteiger partial charge < -0.3 is 25.4 Å². The molecule has 156 valence electrons. The maximum absolute atomic E-state index is 8.85. The first kappa shape index (κ1) is 21.5. The number of rotatable bonds is 6. The van der Waals surface area contributed by atoms with Crippen LogP contribution in [0.3, 0.4) is 0 Å². The summed E-state index contributed by atoms with van der Waals surface area (Å²) in [6.07, 6.45) is 4.66. The van der Waals surface area contributed by atoms with E-state index in [1.807, 2.05) is 26.0 Å². The number of hydrogen-bond donors (Lipinski definition) is 3. The SMILES string of the molecule is COC(C)(C)C#Cc1cnc(Nc2cnc(C#N)cn2)cc1NCC1CNCCO1. The van der Waals surface area contributed by atoms with Crippen LogP contribution in [-0.4, -0.2) is 60.0 Å². The molecule has 1 fully saturated rings. The van der Waals surface area contributed by atoms with E-state index in [-0.39, 0.29) is 11.8 Å². The van der Waals surface area contributed by atoms with E-state index in [4.69, 9.17) is 14.7 Å². The average Bonchev–Trinajstić information content (AvgIpc) is 2.78. The van der Waals surface area contributed by atoms with Gasteiger partial charge >= 0.3 is 0 Å². The van der Waals surface area contributed by atoms with Gasteiger partial charge in [0.15, 0.2) is 5.69 Å². The molecule has 0 aromatic carbocycles. The largest absolute Gasteiger partial charge is 0.381 e. The van der Waals surface area contributed by atoms with E-state index >= 15 is 0 Å². The number of nitrogens with one attached hydrogen (secondary N) is 3. The molecular weight excluding hydrogens is 382 g/mol. The van der Waals surface area contributed by atoms with E-state index in [0.29, 0.717) is 24.8 Å². The normalized spacial score (nSPS) is 16.1. The van der Waals surface area contributed by atoms with Crippen LogP contribution in [0.1, 0.15) is 25.1 Å². The van der Waals surface area contributed by atoms with E-state index in [2.05, 4.69) is 42.7 Å². The first-order chi connectivity index (χ1) is 14.5. The lowest BCUT2D eigenvalue weighted by Crippen LogP contribution is -2.42. The van der Waals surface area contributed by atoms with Gasteiger partial charge in [-0.05, 0) is 13.8 Å². The molecule has 1 atom stereocenters. The number of anilines is 3. The lowest BCUT2D eigenvalue weighted by atomic mass is 10.1. The van der Waals surface area contributed by atoms with Crippen molar-refractivity contribution in [3.8, 4) is 17.9 Å². The second-order valence-electron chi connectivity index (χ2n) is 7.18. The Labute approximate surface area is 176 Å². The summed E-state index contributed by atoms with van der Waals surface area (Å²) in [4.78, 5) is 12.6. The molecule has 0 amide bonds. The van der Waals surface area contributed by atoms with Gasteiger partial charge in [0.05, 0.1) is 36.4 Å². The van der Waals surface area contributed by atoms with Gasteiger partial charge in [-0.2, -0.15) is 5.26 Å². The van der Waals surface area contributed by atoms with Gasteiger partial charge in [-0.25, -0.2) is 15.0 Å². The summed E-state index contributed by atoms with van der Waals surface area (Å²) < 4.78 is 11.1. The standard InChI is InChI=1S/C21H25N7O2/c1-21(2,29-3)5-4-15-10-26-19(28-20-14-24-16(9-22)11-27-20)8-18(15)25-13-17-12-23-6-7-30-17/h8,10-11,14,17,23H,6-7,12-13H2,1-3H3,(H2,25,26,27,28). The predicted molar refractivity (Wildman–Crippen MR) is 113 cm³/mol. The van der Waals surface area contributed by atoms with Crippen molar-refractivity contribution < 1.29 is 9.47 Å². The minimum absolute atomic E-state index is 0.0731. The molecule has 3 rings (SSSR count). The summed E-state index contributed by atoms with van der Waals surface area (Å²) in [5.41, 5.74) is 1.26. The first-order valence-corrected chi connectivity index (χ1v) is 9.63. The maximum atomic E-state index is 8.85. The number of methoxy groups -OCH3 is 1. The van der Waals surface area contributed by atoms with E-state index in [1.165, 1.54) is 12.4 Å². The minimum atomic E-state index is -0.567. The number of morpholine rings is 1. The van der Waals surface area contributed by atoms with E-state index in [9.17, 15) is 0 Å². The molecule has 1 unspecified atom stereocenters. The molecule has 0 bridgehead atoms. The molecule has 1 aliphatic heterocycles. The number of ether oxygens (including phenoxy) is 2. The van der Waals surface area contributed by atoms with Crippen LogP contribution >= 0.6 is 0 Å². The second-order valence-corrected chi connectivity index (χ2v) is 7.18. The summed E-state index contributed by atoms with van der Waals surface area (Å²) in [7, 11) is 1.63. The molecule has 1 saturated heterocycles. The molecule has 0 radical (unpaired) electrons. The van der Waals surface area contributed by atoms with Crippen molar-refractivity contribution >= 4 is 17.3 Å². The third kappa shape index (κ3) is 6.13. The van der Waals surface area contributed by atoms with Crippen LogP contribution in [0, 0.1) is 23.2 Å². The lowest BCUT2D eigenvalue weighted by Gasteiger charge is -2.24. The van der Waals surface area contributed by atoms with Crippen LogP contribution < -0.4 is 16.0 Å². The summed E-state index contributed by atoms with van der Waals surface area (Å²) >= 11 is 0. The van der Waals surface area contributed by atoms with Crippen LogP contribution in [0.4, 0.5) is 17.3 Å². The fourth-order valence-electron chi connectivity index (χ4n) is 2.59. The smallest absolute Gasteiger partial charge is 0.158 e. The molecule has 2 aromatic rings. The summed E-state index contributed by atoms with van der Waals surface area (Å²) in [5, 5.41) is 18.7. The van der Waals surface area contributed by atoms with E-state index < -0.39 is 5.60 Å². The van der Waals surface area contributed by atoms with Crippen molar-refractivity contribution in [3.63, 3.8) is 0 Å². The number of nitrogens with zero attached hydrogens (tertiary/aromatic N) is 4. The van der Waals surface area contributed by atoms with Crippen molar-refractivity contribution in [2.45, 2.75) is 25.6 Å². The lowest BCUT2D eigenvalue weighted by molar-refractivity contribution is 0.0372. The van der Waals surface area contributed by atoms with Crippen molar-refractivity contribution in [2.75, 3.05) is 44.0 Å². The number of nitriles is 1. The molecule has 3 heterocycles. The Morgan fingerprint density at radius 3 is 2.77 bits per heavy atom. The molecular formula is C21H25N7O2. The summed E-state index contributed by atoms with van der Waals surface area (Å²) in [6.45, 7) is 6.80. The molecule has 9 heteroatoms. The second kappa shape index (κ2) is 9.99. The van der Waals surface area contributed by atoms with Gasteiger partial charge in [-0.3, -0.25) is 0 Å². The summed E-state index contributed by atoms with van der Waals surface area (Å²) in [6, 6.07) is 3.81. The number of pyridine rings is 1. The Hall–Kier alpha value is -3.24. The highest BCUT2D eigenvalue weighted by atomic mass is 16.5. The van der Waals surface area contributed by atoms with Crippen molar-refractivity contribution in [1.29, 1.82) is 5.26 Å². The quantitative estimate of drug-likeness (QED) is 0.615. The Bertz CT molecular complexity index is 952. The summed E-state index contributed by atoms with van der Waals surface area (Å²) in [5.74, 6) is 7.34. The van der Waals surface area contributed by atoms with Gasteiger partial charge in [-0.15, -0.1) is 0 Å². The fraction of sp³-hybridized carbons (Fsp3) is 0.429. The van der Waals surface area contributed by atoms with Crippen LogP contribution in [0.15, 0.2) is 24.7 Å². The van der Waals surface area contributed by atoms with Gasteiger partial charge in [0.1, 0.15) is 23.3 Å². The molecule has 0 aliphatic carbocycles. The van der Waals surface area contributed by atoms with Crippen molar-refractivity contribution in [1.82, 2.24) is 20.3 Å². The number of aromatic nitrogens is 3. The van der Waals surface area contributed by atoms with Gasteiger partial charge in [0, 0.05) is 39.0 Å². The average molecular weight is 407 g/mol. The molecule has 0 spiro atoms. The Morgan fingerprint density at radius 1 is 1.27 bits per heavy atom. The van der Waals surface area contributed by atoms with Crippen LogP contribution in [-0.2, 0) is 9.47 Å². The van der Waals surface area contributed by atoms with Gasteiger partial charge in [-0.1, -0.05) is 11.8 Å². The third-order valence-corrected chi connectivity index (χ3v) is 4.46. The van der Waals surface area contributed by atoms with E-state index in [0.717, 1.165) is 24.3 Å². The highest BCUT2D eigenvalue weighted by Crippen LogP contribution is 2.21.